The van der Waals surface area contributed by atoms with Gasteiger partial charge in [-0.3, -0.25) is 14.9 Å². The molecule has 0 fully saturated rings. The van der Waals surface area contributed by atoms with Crippen molar-refractivity contribution in [2.75, 3.05) is 5.32 Å². The van der Waals surface area contributed by atoms with Gasteiger partial charge in [0.15, 0.2) is 6.10 Å². The monoisotopic (exact) mass is 222 g/mol. The van der Waals surface area contributed by atoms with Gasteiger partial charge in [-0.25, -0.2) is 0 Å². The average Bonchev–Trinajstić information content (AvgIpc) is 2.50. The standard InChI is InChI=1S/C10H10N2O4/c1-4-3-6(12(15)16)5(2)7-8(4)11-10(14)9(7)13/h3,9,13H,1-2H3,(H,11,14). The molecule has 0 aliphatic carbocycles. The van der Waals surface area contributed by atoms with Gasteiger partial charge in [0, 0.05) is 17.2 Å². The third kappa shape index (κ3) is 1.27. The Hall–Kier alpha value is -1.95. The van der Waals surface area contributed by atoms with Crippen LogP contribution in [-0.2, 0) is 4.79 Å². The van der Waals surface area contributed by atoms with Gasteiger partial charge in [-0.2, -0.15) is 0 Å². The van der Waals surface area contributed by atoms with E-state index in [0.29, 0.717) is 22.4 Å². The molecular formula is C10H10N2O4. The fraction of sp³-hybridized carbons (Fsp3) is 0.300. The summed E-state index contributed by atoms with van der Waals surface area (Å²) < 4.78 is 0. The number of aryl methyl sites for hydroxylation is 1. The number of anilines is 1. The van der Waals surface area contributed by atoms with Gasteiger partial charge in [0.05, 0.1) is 10.6 Å². The summed E-state index contributed by atoms with van der Waals surface area (Å²) in [6, 6.07) is 1.40. The maximum atomic E-state index is 11.3. The number of nitro benzene ring substituents is 1. The van der Waals surface area contributed by atoms with Crippen LogP contribution in [0.1, 0.15) is 22.8 Å². The number of rotatable bonds is 1. The van der Waals surface area contributed by atoms with Gasteiger partial charge in [-0.15, -0.1) is 0 Å². The Morgan fingerprint density at radius 3 is 2.69 bits per heavy atom. The molecule has 1 aromatic rings. The van der Waals surface area contributed by atoms with Gasteiger partial charge in [-0.05, 0) is 19.4 Å². The van der Waals surface area contributed by atoms with E-state index in [1.165, 1.54) is 13.0 Å². The van der Waals surface area contributed by atoms with Gasteiger partial charge in [0.25, 0.3) is 11.6 Å². The van der Waals surface area contributed by atoms with E-state index >= 15 is 0 Å². The number of aliphatic hydroxyl groups is 1. The highest BCUT2D eigenvalue weighted by molar-refractivity contribution is 6.03. The lowest BCUT2D eigenvalue weighted by Gasteiger charge is -2.08. The molecule has 2 rings (SSSR count). The molecule has 2 N–H and O–H groups in total. The van der Waals surface area contributed by atoms with E-state index in [0.717, 1.165) is 0 Å². The number of nitrogens with one attached hydrogen (secondary N) is 1. The predicted octanol–water partition coefficient (Wildman–Crippen LogP) is 1.20. The molecule has 16 heavy (non-hydrogen) atoms. The average molecular weight is 222 g/mol. The van der Waals surface area contributed by atoms with E-state index in [1.807, 2.05) is 0 Å². The number of hydrogen-bond acceptors (Lipinski definition) is 4. The maximum Gasteiger partial charge on any atom is 0.273 e. The lowest BCUT2D eigenvalue weighted by atomic mass is 9.99. The fourth-order valence-electron chi connectivity index (χ4n) is 1.94. The Bertz CT molecular complexity index is 510. The number of nitro groups is 1. The van der Waals surface area contributed by atoms with Crippen molar-refractivity contribution < 1.29 is 14.8 Å². The third-order valence-corrected chi connectivity index (χ3v) is 2.77. The smallest absolute Gasteiger partial charge is 0.273 e. The number of carbonyl (C=O) groups is 1. The van der Waals surface area contributed by atoms with E-state index in [4.69, 9.17) is 0 Å². The highest BCUT2D eigenvalue weighted by atomic mass is 16.6. The summed E-state index contributed by atoms with van der Waals surface area (Å²) >= 11 is 0. The Morgan fingerprint density at radius 1 is 1.50 bits per heavy atom. The quantitative estimate of drug-likeness (QED) is 0.551. The minimum absolute atomic E-state index is 0.0770. The second kappa shape index (κ2) is 3.28. The van der Waals surface area contributed by atoms with Gasteiger partial charge in [-0.1, -0.05) is 0 Å². The van der Waals surface area contributed by atoms with Gasteiger partial charge in [0.2, 0.25) is 0 Å². The zero-order valence-corrected chi connectivity index (χ0v) is 8.77. The number of benzene rings is 1. The maximum absolute atomic E-state index is 11.3. The lowest BCUT2D eigenvalue weighted by Crippen LogP contribution is -2.11. The molecule has 0 spiro atoms. The molecule has 0 radical (unpaired) electrons. The minimum atomic E-state index is -1.31. The van der Waals surface area contributed by atoms with Crippen molar-refractivity contribution in [3.05, 3.63) is 32.9 Å². The Morgan fingerprint density at radius 2 is 2.12 bits per heavy atom. The third-order valence-electron chi connectivity index (χ3n) is 2.77. The second-order valence-corrected chi connectivity index (χ2v) is 3.78. The summed E-state index contributed by atoms with van der Waals surface area (Å²) in [5.41, 5.74) is 1.64. The molecule has 0 aromatic heterocycles. The zero-order valence-electron chi connectivity index (χ0n) is 8.77. The number of aliphatic hydroxyl groups excluding tert-OH is 1. The summed E-state index contributed by atoms with van der Waals surface area (Å²) in [5.74, 6) is -0.540. The number of amides is 1. The van der Waals surface area contributed by atoms with Crippen LogP contribution in [0.4, 0.5) is 11.4 Å². The van der Waals surface area contributed by atoms with Crippen LogP contribution in [0.5, 0.6) is 0 Å². The molecule has 1 aliphatic rings. The number of hydrogen-bond donors (Lipinski definition) is 2. The van der Waals surface area contributed by atoms with Crippen molar-refractivity contribution in [1.82, 2.24) is 0 Å². The largest absolute Gasteiger partial charge is 0.378 e. The first-order valence-electron chi connectivity index (χ1n) is 4.71. The summed E-state index contributed by atoms with van der Waals surface area (Å²) in [5, 5.41) is 22.9. The van der Waals surface area contributed by atoms with Gasteiger partial charge in [0.1, 0.15) is 0 Å². The second-order valence-electron chi connectivity index (χ2n) is 3.78. The first-order valence-corrected chi connectivity index (χ1v) is 4.71. The number of fused-ring (bicyclic) bond motifs is 1. The van der Waals surface area contributed by atoms with Crippen LogP contribution in [0.2, 0.25) is 0 Å². The van der Waals surface area contributed by atoms with Crippen molar-refractivity contribution in [2.45, 2.75) is 20.0 Å². The van der Waals surface area contributed by atoms with Crippen LogP contribution in [0.15, 0.2) is 6.07 Å². The van der Waals surface area contributed by atoms with Crippen LogP contribution in [0.25, 0.3) is 0 Å². The van der Waals surface area contributed by atoms with E-state index in [1.54, 1.807) is 6.92 Å². The molecular weight excluding hydrogens is 212 g/mol. The summed E-state index contributed by atoms with van der Waals surface area (Å²) in [7, 11) is 0. The molecule has 0 saturated heterocycles. The molecule has 1 heterocycles. The fourth-order valence-corrected chi connectivity index (χ4v) is 1.94. The Kier molecular flexibility index (Phi) is 2.16. The molecule has 1 unspecified atom stereocenters. The van der Waals surface area contributed by atoms with E-state index < -0.39 is 16.9 Å². The van der Waals surface area contributed by atoms with E-state index in [9.17, 15) is 20.0 Å². The molecule has 1 atom stereocenters. The van der Waals surface area contributed by atoms with E-state index in [2.05, 4.69) is 5.32 Å². The summed E-state index contributed by atoms with van der Waals surface area (Å²) in [6.45, 7) is 3.18. The van der Waals surface area contributed by atoms with Crippen LogP contribution in [-0.4, -0.2) is 15.9 Å². The molecule has 0 bridgehead atoms. The van der Waals surface area contributed by atoms with Gasteiger partial charge < -0.3 is 10.4 Å². The SMILES string of the molecule is Cc1cc([N+](=O)[O-])c(C)c2c1NC(=O)C2O. The van der Waals surface area contributed by atoms with Crippen molar-refractivity contribution in [3.63, 3.8) is 0 Å². The van der Waals surface area contributed by atoms with Crippen molar-refractivity contribution in [2.24, 2.45) is 0 Å². The van der Waals surface area contributed by atoms with Crippen molar-refractivity contribution in [1.29, 1.82) is 0 Å². The predicted molar refractivity (Wildman–Crippen MR) is 56.2 cm³/mol. The lowest BCUT2D eigenvalue weighted by molar-refractivity contribution is -0.385. The number of nitrogens with zero attached hydrogens (tertiary/aromatic N) is 1. The molecule has 1 aliphatic heterocycles. The summed E-state index contributed by atoms with van der Waals surface area (Å²) in [6.07, 6.45) is -1.31. The van der Waals surface area contributed by atoms with Crippen LogP contribution >= 0.6 is 0 Å². The highest BCUT2D eigenvalue weighted by Crippen LogP contribution is 2.40. The zero-order chi connectivity index (χ0) is 12.0. The number of carbonyl (C=O) groups excluding carboxylic acids is 1. The Balaban J connectivity index is 2.74. The van der Waals surface area contributed by atoms with Crippen molar-refractivity contribution in [3.8, 4) is 0 Å². The van der Waals surface area contributed by atoms with Gasteiger partial charge >= 0.3 is 0 Å². The van der Waals surface area contributed by atoms with Crippen LogP contribution < -0.4 is 5.32 Å². The molecule has 84 valence electrons. The highest BCUT2D eigenvalue weighted by Gasteiger charge is 2.34. The molecule has 1 amide bonds. The molecule has 1 aromatic carbocycles. The normalized spacial score (nSPS) is 18.2. The summed E-state index contributed by atoms with van der Waals surface area (Å²) in [4.78, 5) is 21.6. The topological polar surface area (TPSA) is 92.5 Å². The first kappa shape index (κ1) is 10.6. The molecule has 6 heteroatoms. The van der Waals surface area contributed by atoms with E-state index in [-0.39, 0.29) is 5.69 Å². The molecule has 0 saturated carbocycles. The minimum Gasteiger partial charge on any atom is -0.378 e. The van der Waals surface area contributed by atoms with Crippen molar-refractivity contribution >= 4 is 17.3 Å². The molecule has 6 nitrogen and oxygen atoms in total. The Labute approximate surface area is 91.0 Å². The van der Waals surface area contributed by atoms with Crippen LogP contribution in [0, 0.1) is 24.0 Å². The van der Waals surface area contributed by atoms with Crippen LogP contribution in [0.3, 0.4) is 0 Å². The first-order chi connectivity index (χ1) is 7.43.